The Morgan fingerprint density at radius 1 is 1.14 bits per heavy atom. The lowest BCUT2D eigenvalue weighted by atomic mass is 10.1. The predicted octanol–water partition coefficient (Wildman–Crippen LogP) is 3.94. The van der Waals surface area contributed by atoms with Gasteiger partial charge in [0.05, 0.1) is 5.56 Å². The summed E-state index contributed by atoms with van der Waals surface area (Å²) < 4.78 is 55.8. The molecule has 0 aliphatic carbocycles. The Kier molecular flexibility index (Phi) is 4.35. The summed E-state index contributed by atoms with van der Waals surface area (Å²) >= 11 is 0. The number of aromatic hydroxyl groups is 1. The summed E-state index contributed by atoms with van der Waals surface area (Å²) in [5.41, 5.74) is -0.941. The van der Waals surface area contributed by atoms with Gasteiger partial charge in [-0.25, -0.2) is 4.39 Å². The summed E-state index contributed by atoms with van der Waals surface area (Å²) in [6.45, 7) is -0.233. The average molecular weight is 314 g/mol. The van der Waals surface area contributed by atoms with Crippen molar-refractivity contribution in [3.63, 3.8) is 0 Å². The van der Waals surface area contributed by atoms with Crippen LogP contribution >= 0.6 is 0 Å². The maximum absolute atomic E-state index is 13.4. The molecule has 116 valence electrons. The number of alkyl halides is 3. The molecule has 2 aromatic rings. The zero-order valence-electron chi connectivity index (χ0n) is 11.0. The van der Waals surface area contributed by atoms with Crippen LogP contribution in [-0.4, -0.2) is 11.4 Å². The molecule has 0 aromatic heterocycles. The van der Waals surface area contributed by atoms with E-state index in [4.69, 9.17) is 4.74 Å². The molecule has 0 heterocycles. The van der Waals surface area contributed by atoms with Crippen molar-refractivity contribution in [1.29, 1.82) is 0 Å². The van der Waals surface area contributed by atoms with Gasteiger partial charge >= 0.3 is 6.18 Å². The molecule has 0 aliphatic rings. The van der Waals surface area contributed by atoms with Crippen molar-refractivity contribution >= 4 is 6.29 Å². The largest absolute Gasteiger partial charge is 0.504 e. The number of rotatable bonds is 4. The van der Waals surface area contributed by atoms with Crippen LogP contribution in [0, 0.1) is 5.82 Å². The monoisotopic (exact) mass is 314 g/mol. The Bertz CT molecular complexity index is 696. The van der Waals surface area contributed by atoms with Crippen molar-refractivity contribution in [3.05, 3.63) is 58.9 Å². The van der Waals surface area contributed by atoms with Gasteiger partial charge in [0.1, 0.15) is 18.7 Å². The summed E-state index contributed by atoms with van der Waals surface area (Å²) in [7, 11) is 0. The molecule has 2 aromatic carbocycles. The Labute approximate surface area is 122 Å². The fraction of sp³-hybridized carbons (Fsp3) is 0.133. The van der Waals surface area contributed by atoms with Gasteiger partial charge in [0, 0.05) is 5.56 Å². The van der Waals surface area contributed by atoms with Gasteiger partial charge in [-0.05, 0) is 35.9 Å². The minimum atomic E-state index is -4.76. The molecule has 0 spiro atoms. The van der Waals surface area contributed by atoms with E-state index in [-0.39, 0.29) is 29.2 Å². The van der Waals surface area contributed by atoms with E-state index >= 15 is 0 Å². The van der Waals surface area contributed by atoms with Crippen LogP contribution in [0.15, 0.2) is 36.4 Å². The van der Waals surface area contributed by atoms with Crippen LogP contribution in [0.1, 0.15) is 21.5 Å². The fourth-order valence-corrected chi connectivity index (χ4v) is 1.77. The number of carbonyl (C=O) groups excluding carboxylic acids is 1. The molecule has 0 atom stereocenters. The van der Waals surface area contributed by atoms with Crippen LogP contribution in [0.2, 0.25) is 0 Å². The molecule has 22 heavy (non-hydrogen) atoms. The third-order valence-electron chi connectivity index (χ3n) is 2.85. The van der Waals surface area contributed by atoms with Gasteiger partial charge in [-0.3, -0.25) is 4.79 Å². The summed E-state index contributed by atoms with van der Waals surface area (Å²) in [6, 6.07) is 6.34. The van der Waals surface area contributed by atoms with Gasteiger partial charge in [0.15, 0.2) is 11.5 Å². The van der Waals surface area contributed by atoms with Gasteiger partial charge in [0.2, 0.25) is 0 Å². The molecule has 2 rings (SSSR count). The molecule has 0 saturated heterocycles. The highest BCUT2D eigenvalue weighted by atomic mass is 19.4. The van der Waals surface area contributed by atoms with Gasteiger partial charge < -0.3 is 9.84 Å². The Balaban J connectivity index is 2.12. The van der Waals surface area contributed by atoms with Crippen LogP contribution in [0.4, 0.5) is 17.6 Å². The van der Waals surface area contributed by atoms with Gasteiger partial charge in [0.25, 0.3) is 0 Å². The summed E-state index contributed by atoms with van der Waals surface area (Å²) in [5.74, 6) is -1.66. The molecule has 0 aliphatic heterocycles. The Hall–Kier alpha value is -2.57. The van der Waals surface area contributed by atoms with E-state index in [2.05, 4.69) is 0 Å². The van der Waals surface area contributed by atoms with E-state index in [1.165, 1.54) is 18.2 Å². The number of hydrogen-bond donors (Lipinski definition) is 1. The molecule has 7 heteroatoms. The Morgan fingerprint density at radius 3 is 2.41 bits per heavy atom. The van der Waals surface area contributed by atoms with Crippen molar-refractivity contribution in [3.8, 4) is 11.5 Å². The highest BCUT2D eigenvalue weighted by Crippen LogP contribution is 2.32. The quantitative estimate of drug-likeness (QED) is 0.687. The second-order valence-corrected chi connectivity index (χ2v) is 4.45. The Morgan fingerprint density at radius 2 is 1.86 bits per heavy atom. The van der Waals surface area contributed by atoms with Crippen molar-refractivity contribution in [2.75, 3.05) is 0 Å². The molecule has 0 amide bonds. The standard InChI is InChI=1S/C15H10F4O3/c16-12-5-10(1-3-11(12)15(17,18)19)8-22-14-4-2-9(7-20)6-13(14)21/h1-7,21H,8H2. The molecular weight excluding hydrogens is 304 g/mol. The van der Waals surface area contributed by atoms with Crippen LogP contribution in [0.25, 0.3) is 0 Å². The second kappa shape index (κ2) is 6.05. The number of hydrogen-bond acceptors (Lipinski definition) is 3. The number of benzene rings is 2. The molecule has 0 fully saturated rings. The lowest BCUT2D eigenvalue weighted by Crippen LogP contribution is -2.08. The van der Waals surface area contributed by atoms with Crippen molar-refractivity contribution < 1.29 is 32.2 Å². The first kappa shape index (κ1) is 15.8. The van der Waals surface area contributed by atoms with Gasteiger partial charge in [-0.15, -0.1) is 0 Å². The smallest absolute Gasteiger partial charge is 0.419 e. The maximum Gasteiger partial charge on any atom is 0.419 e. The summed E-state index contributed by atoms with van der Waals surface area (Å²) in [6.07, 6.45) is -4.22. The minimum absolute atomic E-state index is 0.0332. The SMILES string of the molecule is O=Cc1ccc(OCc2ccc(C(F)(F)F)c(F)c2)c(O)c1. The van der Waals surface area contributed by atoms with Crippen LogP contribution in [0.5, 0.6) is 11.5 Å². The first-order valence-corrected chi connectivity index (χ1v) is 6.08. The summed E-state index contributed by atoms with van der Waals surface area (Å²) in [5, 5.41) is 9.60. The molecular formula is C15H10F4O3. The van der Waals surface area contributed by atoms with Gasteiger partial charge in [-0.1, -0.05) is 6.07 Å². The number of halogens is 4. The summed E-state index contributed by atoms with van der Waals surface area (Å²) in [4.78, 5) is 10.5. The maximum atomic E-state index is 13.4. The number of phenolic OH excluding ortho intramolecular Hbond substituents is 1. The molecule has 3 nitrogen and oxygen atoms in total. The molecule has 0 saturated carbocycles. The number of aldehydes is 1. The molecule has 0 unspecified atom stereocenters. The van der Waals surface area contributed by atoms with Crippen LogP contribution < -0.4 is 4.74 Å². The number of phenols is 1. The van der Waals surface area contributed by atoms with Crippen molar-refractivity contribution in [2.24, 2.45) is 0 Å². The molecule has 1 N–H and O–H groups in total. The molecule has 0 bridgehead atoms. The highest BCUT2D eigenvalue weighted by Gasteiger charge is 2.33. The van der Waals surface area contributed by atoms with E-state index in [9.17, 15) is 27.5 Å². The van der Waals surface area contributed by atoms with E-state index in [1.807, 2.05) is 0 Å². The van der Waals surface area contributed by atoms with Crippen LogP contribution in [0.3, 0.4) is 0 Å². The first-order chi connectivity index (χ1) is 10.3. The fourth-order valence-electron chi connectivity index (χ4n) is 1.77. The third-order valence-corrected chi connectivity index (χ3v) is 2.85. The predicted molar refractivity (Wildman–Crippen MR) is 69.2 cm³/mol. The van der Waals surface area contributed by atoms with Crippen LogP contribution in [-0.2, 0) is 12.8 Å². The first-order valence-electron chi connectivity index (χ1n) is 6.08. The van der Waals surface area contributed by atoms with Crippen molar-refractivity contribution in [2.45, 2.75) is 12.8 Å². The number of carbonyl (C=O) groups is 1. The molecule has 0 radical (unpaired) electrons. The lowest BCUT2D eigenvalue weighted by molar-refractivity contribution is -0.140. The van der Waals surface area contributed by atoms with Gasteiger partial charge in [-0.2, -0.15) is 13.2 Å². The lowest BCUT2D eigenvalue weighted by Gasteiger charge is -2.11. The normalized spacial score (nSPS) is 11.3. The van der Waals surface area contributed by atoms with Crippen molar-refractivity contribution in [1.82, 2.24) is 0 Å². The number of ether oxygens (including phenoxy) is 1. The van der Waals surface area contributed by atoms with E-state index in [0.717, 1.165) is 12.1 Å². The zero-order valence-corrected chi connectivity index (χ0v) is 11.0. The minimum Gasteiger partial charge on any atom is -0.504 e. The van der Waals surface area contributed by atoms with E-state index in [0.29, 0.717) is 12.4 Å². The third kappa shape index (κ3) is 3.55. The topological polar surface area (TPSA) is 46.5 Å². The zero-order chi connectivity index (χ0) is 16.3. The highest BCUT2D eigenvalue weighted by molar-refractivity contribution is 5.76. The van der Waals surface area contributed by atoms with E-state index in [1.54, 1.807) is 0 Å². The average Bonchev–Trinajstić information content (AvgIpc) is 2.44. The van der Waals surface area contributed by atoms with E-state index < -0.39 is 17.6 Å². The second-order valence-electron chi connectivity index (χ2n) is 4.45.